The maximum Gasteiger partial charge on any atom is 0.317 e. The van der Waals surface area contributed by atoms with Gasteiger partial charge in [0.15, 0.2) is 0 Å². The molecule has 0 saturated carbocycles. The Morgan fingerprint density at radius 2 is 2.24 bits per heavy atom. The van der Waals surface area contributed by atoms with Gasteiger partial charge in [0.05, 0.1) is 19.7 Å². The van der Waals surface area contributed by atoms with Crippen molar-refractivity contribution in [2.24, 2.45) is 0 Å². The Balaban J connectivity index is 1.41. The summed E-state index contributed by atoms with van der Waals surface area (Å²) in [5, 5.41) is 7.56. The Hall–Kier alpha value is -2.57. The van der Waals surface area contributed by atoms with E-state index in [0.717, 1.165) is 36.7 Å². The van der Waals surface area contributed by atoms with Crippen LogP contribution in [0.5, 0.6) is 5.75 Å². The van der Waals surface area contributed by atoms with Gasteiger partial charge in [0, 0.05) is 25.1 Å². The van der Waals surface area contributed by atoms with E-state index in [2.05, 4.69) is 21.5 Å². The highest BCUT2D eigenvalue weighted by molar-refractivity contribution is 5.75. The second-order valence-corrected chi connectivity index (χ2v) is 6.71. The van der Waals surface area contributed by atoms with E-state index < -0.39 is 0 Å². The van der Waals surface area contributed by atoms with Crippen LogP contribution < -0.4 is 10.1 Å². The number of rotatable bonds is 2. The Labute approximate surface area is 147 Å². The molecular formula is C18H23N5O2. The first-order chi connectivity index (χ1) is 12.1. The number of nitrogens with zero attached hydrogens (tertiary/aromatic N) is 4. The van der Waals surface area contributed by atoms with Gasteiger partial charge in [-0.1, -0.05) is 12.1 Å². The van der Waals surface area contributed by atoms with Gasteiger partial charge in [-0.15, -0.1) is 0 Å². The normalized spacial score (nSPS) is 19.1. The number of hydrogen-bond acceptors (Lipinski definition) is 4. The fraction of sp³-hybridized carbons (Fsp3) is 0.500. The quantitative estimate of drug-likeness (QED) is 0.902. The van der Waals surface area contributed by atoms with Crippen LogP contribution in [0.1, 0.15) is 29.2 Å². The van der Waals surface area contributed by atoms with Crippen LogP contribution in [0.4, 0.5) is 4.79 Å². The lowest BCUT2D eigenvalue weighted by molar-refractivity contribution is 0.183. The molecule has 0 saturated heterocycles. The molecule has 25 heavy (non-hydrogen) atoms. The van der Waals surface area contributed by atoms with E-state index in [0.29, 0.717) is 19.6 Å². The summed E-state index contributed by atoms with van der Waals surface area (Å²) in [5.74, 6) is 2.73. The van der Waals surface area contributed by atoms with Crippen LogP contribution in [0.15, 0.2) is 18.2 Å². The van der Waals surface area contributed by atoms with Gasteiger partial charge in [-0.05, 0) is 31.4 Å². The zero-order valence-corrected chi connectivity index (χ0v) is 14.7. The van der Waals surface area contributed by atoms with Crippen molar-refractivity contribution in [2.45, 2.75) is 45.3 Å². The minimum absolute atomic E-state index is 0.00115. The summed E-state index contributed by atoms with van der Waals surface area (Å²) in [6.07, 6.45) is 2.58. The summed E-state index contributed by atoms with van der Waals surface area (Å²) in [5.41, 5.74) is 2.38. The number of benzene rings is 1. The van der Waals surface area contributed by atoms with Gasteiger partial charge in [0.2, 0.25) is 0 Å². The Morgan fingerprint density at radius 1 is 1.36 bits per heavy atom. The molecule has 0 spiro atoms. The average Bonchev–Trinajstić information content (AvgIpc) is 3.00. The van der Waals surface area contributed by atoms with Gasteiger partial charge in [-0.2, -0.15) is 5.10 Å². The van der Waals surface area contributed by atoms with Crippen molar-refractivity contribution in [3.05, 3.63) is 41.0 Å². The number of urea groups is 1. The summed E-state index contributed by atoms with van der Waals surface area (Å²) in [7, 11) is 1.69. The third-order valence-electron chi connectivity index (χ3n) is 5.02. The Kier molecular flexibility index (Phi) is 4.07. The molecule has 132 valence electrons. The zero-order valence-electron chi connectivity index (χ0n) is 14.7. The van der Waals surface area contributed by atoms with E-state index in [1.54, 1.807) is 7.11 Å². The van der Waals surface area contributed by atoms with Crippen molar-refractivity contribution in [3.8, 4) is 5.75 Å². The fourth-order valence-corrected chi connectivity index (χ4v) is 3.76. The van der Waals surface area contributed by atoms with Crippen LogP contribution in [0, 0.1) is 6.92 Å². The first-order valence-corrected chi connectivity index (χ1v) is 8.74. The minimum atomic E-state index is -0.00115. The van der Waals surface area contributed by atoms with Crippen molar-refractivity contribution in [2.75, 3.05) is 13.7 Å². The van der Waals surface area contributed by atoms with Gasteiger partial charge in [0.1, 0.15) is 17.4 Å². The Bertz CT molecular complexity index is 801. The molecule has 2 aliphatic rings. The molecule has 1 atom stereocenters. The molecule has 2 aromatic rings. The SMILES string of the molecule is COc1cccc2c1CCN(C(=O)NC1CCc3nc(C)nn3C1)C2. The molecule has 2 aliphatic heterocycles. The average molecular weight is 341 g/mol. The van der Waals surface area contributed by atoms with Crippen LogP contribution in [-0.2, 0) is 25.9 Å². The molecule has 1 aromatic heterocycles. The largest absolute Gasteiger partial charge is 0.496 e. The molecule has 1 unspecified atom stereocenters. The summed E-state index contributed by atoms with van der Waals surface area (Å²) < 4.78 is 7.35. The van der Waals surface area contributed by atoms with Gasteiger partial charge in [0.25, 0.3) is 0 Å². The van der Waals surface area contributed by atoms with E-state index in [1.165, 1.54) is 11.1 Å². The maximum absolute atomic E-state index is 12.7. The van der Waals surface area contributed by atoms with Gasteiger partial charge in [-0.25, -0.2) is 14.5 Å². The predicted molar refractivity (Wildman–Crippen MR) is 92.5 cm³/mol. The summed E-state index contributed by atoms with van der Waals surface area (Å²) >= 11 is 0. The molecule has 0 aliphatic carbocycles. The highest BCUT2D eigenvalue weighted by atomic mass is 16.5. The molecule has 7 heteroatoms. The summed E-state index contributed by atoms with van der Waals surface area (Å²) in [4.78, 5) is 19.0. The molecule has 0 radical (unpaired) electrons. The molecule has 4 rings (SSSR count). The lowest BCUT2D eigenvalue weighted by Gasteiger charge is -2.32. The second kappa shape index (κ2) is 6.38. The number of carbonyl (C=O) groups excluding carboxylic acids is 1. The second-order valence-electron chi connectivity index (χ2n) is 6.71. The van der Waals surface area contributed by atoms with Crippen LogP contribution in [0.3, 0.4) is 0 Å². The van der Waals surface area contributed by atoms with E-state index in [1.807, 2.05) is 28.6 Å². The third-order valence-corrected chi connectivity index (χ3v) is 5.02. The van der Waals surface area contributed by atoms with E-state index in [4.69, 9.17) is 4.74 Å². The van der Waals surface area contributed by atoms with E-state index in [9.17, 15) is 4.79 Å². The highest BCUT2D eigenvalue weighted by Crippen LogP contribution is 2.27. The van der Waals surface area contributed by atoms with Gasteiger partial charge in [-0.3, -0.25) is 0 Å². The number of nitrogens with one attached hydrogen (secondary N) is 1. The first kappa shape index (κ1) is 15.9. The molecule has 1 N–H and O–H groups in total. The summed E-state index contributed by atoms with van der Waals surface area (Å²) in [6, 6.07) is 6.14. The number of aromatic nitrogens is 3. The number of ether oxygens (including phenoxy) is 1. The predicted octanol–water partition coefficient (Wildman–Crippen LogP) is 1.68. The van der Waals surface area contributed by atoms with Crippen molar-refractivity contribution in [1.82, 2.24) is 25.0 Å². The van der Waals surface area contributed by atoms with Crippen molar-refractivity contribution >= 4 is 6.03 Å². The summed E-state index contributed by atoms with van der Waals surface area (Å²) in [6.45, 7) is 3.93. The maximum atomic E-state index is 12.7. The zero-order chi connectivity index (χ0) is 17.4. The van der Waals surface area contributed by atoms with Crippen molar-refractivity contribution in [1.29, 1.82) is 0 Å². The molecule has 1 aromatic carbocycles. The molecule has 0 fully saturated rings. The van der Waals surface area contributed by atoms with Crippen LogP contribution in [-0.4, -0.2) is 45.4 Å². The minimum Gasteiger partial charge on any atom is -0.496 e. The van der Waals surface area contributed by atoms with Crippen LogP contribution in [0.25, 0.3) is 0 Å². The topological polar surface area (TPSA) is 72.3 Å². The standard InChI is InChI=1S/C18H23N5O2/c1-12-19-17-7-6-14(11-23(17)21-12)20-18(24)22-9-8-15-13(10-22)4-3-5-16(15)25-2/h3-5,14H,6-11H2,1-2H3,(H,20,24). The van der Waals surface area contributed by atoms with E-state index in [-0.39, 0.29) is 12.1 Å². The molecule has 0 bridgehead atoms. The van der Waals surface area contributed by atoms with Crippen molar-refractivity contribution < 1.29 is 9.53 Å². The van der Waals surface area contributed by atoms with Gasteiger partial charge < -0.3 is 15.0 Å². The number of amides is 2. The monoisotopic (exact) mass is 341 g/mol. The van der Waals surface area contributed by atoms with Gasteiger partial charge >= 0.3 is 6.03 Å². The van der Waals surface area contributed by atoms with Crippen LogP contribution in [0.2, 0.25) is 0 Å². The number of aryl methyl sites for hydroxylation is 2. The van der Waals surface area contributed by atoms with E-state index >= 15 is 0 Å². The molecule has 3 heterocycles. The number of hydrogen-bond donors (Lipinski definition) is 1. The van der Waals surface area contributed by atoms with Crippen LogP contribution >= 0.6 is 0 Å². The Morgan fingerprint density at radius 3 is 3.08 bits per heavy atom. The third kappa shape index (κ3) is 3.06. The smallest absolute Gasteiger partial charge is 0.317 e. The highest BCUT2D eigenvalue weighted by Gasteiger charge is 2.27. The number of carbonyl (C=O) groups is 1. The lowest BCUT2D eigenvalue weighted by atomic mass is 9.99. The fourth-order valence-electron chi connectivity index (χ4n) is 3.76. The number of fused-ring (bicyclic) bond motifs is 2. The number of methoxy groups -OCH3 is 1. The van der Waals surface area contributed by atoms with Crippen molar-refractivity contribution in [3.63, 3.8) is 0 Å². The first-order valence-electron chi connectivity index (χ1n) is 8.74. The molecule has 7 nitrogen and oxygen atoms in total. The lowest BCUT2D eigenvalue weighted by Crippen LogP contribution is -2.49. The molecule has 2 amide bonds. The molecular weight excluding hydrogens is 318 g/mol.